The lowest BCUT2D eigenvalue weighted by Crippen LogP contribution is -2.40. The summed E-state index contributed by atoms with van der Waals surface area (Å²) in [6, 6.07) is 0.286. The molecule has 1 atom stereocenters. The molecule has 0 spiro atoms. The van der Waals surface area contributed by atoms with Gasteiger partial charge in [0, 0.05) is 6.54 Å². The van der Waals surface area contributed by atoms with E-state index in [-0.39, 0.29) is 6.04 Å². The van der Waals surface area contributed by atoms with Crippen molar-refractivity contribution >= 4 is 5.94 Å². The zero-order valence-corrected chi connectivity index (χ0v) is 7.83. The molecule has 0 saturated carbocycles. The molecule has 2 aliphatic rings. The van der Waals surface area contributed by atoms with E-state index in [4.69, 9.17) is 0 Å². The molecule has 3 heteroatoms. The molecule has 71 valence electrons. The number of likely N-dealkylation sites (tertiary alicyclic amines) is 1. The molecule has 1 unspecified atom stereocenters. The maximum absolute atomic E-state index is 10.6. The minimum absolute atomic E-state index is 0.286. The molecule has 2 saturated heterocycles. The van der Waals surface area contributed by atoms with E-state index in [9.17, 15) is 4.79 Å². The molecule has 0 N–H and O–H groups in total. The van der Waals surface area contributed by atoms with Gasteiger partial charge >= 0.3 is 0 Å². The topological polar surface area (TPSA) is 34.4 Å². The number of hydrogen-bond donors (Lipinski definition) is 0. The summed E-state index contributed by atoms with van der Waals surface area (Å²) in [7, 11) is 0. The lowest BCUT2D eigenvalue weighted by Gasteiger charge is -2.30. The maximum Gasteiger partial charge on any atom is 0.149 e. The number of nitrogens with zero attached hydrogens (tertiary/aromatic N) is 2. The third-order valence-corrected chi connectivity index (χ3v) is 2.92. The Hall–Kier alpha value is -0.790. The summed E-state index contributed by atoms with van der Waals surface area (Å²) in [4.78, 5) is 13.0. The fourth-order valence-electron chi connectivity index (χ4n) is 2.24. The SMILES string of the molecule is O=C=C1[N]CCCC1N1CCCC1. The molecule has 0 aliphatic carbocycles. The van der Waals surface area contributed by atoms with Crippen molar-refractivity contribution < 1.29 is 4.79 Å². The summed E-state index contributed by atoms with van der Waals surface area (Å²) < 4.78 is 0. The molecule has 1 radical (unpaired) electrons. The Bertz CT molecular complexity index is 227. The van der Waals surface area contributed by atoms with E-state index in [1.54, 1.807) is 0 Å². The van der Waals surface area contributed by atoms with Gasteiger partial charge in [0.25, 0.3) is 0 Å². The zero-order chi connectivity index (χ0) is 9.10. The van der Waals surface area contributed by atoms with Crippen LogP contribution < -0.4 is 5.32 Å². The second-order valence-electron chi connectivity index (χ2n) is 3.77. The van der Waals surface area contributed by atoms with Crippen LogP contribution in [0.5, 0.6) is 0 Å². The van der Waals surface area contributed by atoms with Crippen LogP contribution in [0.2, 0.25) is 0 Å². The standard InChI is InChI=1S/C10H15N2O/c13-8-9-10(4-3-5-11-9)12-6-1-2-7-12/h10H,1-7H2. The van der Waals surface area contributed by atoms with Gasteiger partial charge < -0.3 is 0 Å². The van der Waals surface area contributed by atoms with Crippen molar-refractivity contribution in [1.29, 1.82) is 0 Å². The molecule has 3 nitrogen and oxygen atoms in total. The van der Waals surface area contributed by atoms with Crippen molar-refractivity contribution in [2.45, 2.75) is 31.7 Å². The molecule has 2 rings (SSSR count). The monoisotopic (exact) mass is 179 g/mol. The van der Waals surface area contributed by atoms with Gasteiger partial charge in [-0.15, -0.1) is 0 Å². The summed E-state index contributed by atoms with van der Waals surface area (Å²) >= 11 is 0. The molecule has 0 amide bonds. The summed E-state index contributed by atoms with van der Waals surface area (Å²) in [5, 5.41) is 4.23. The number of hydrogen-bond acceptors (Lipinski definition) is 2. The average Bonchev–Trinajstić information content (AvgIpc) is 2.70. The lowest BCUT2D eigenvalue weighted by molar-refractivity contribution is 0.234. The van der Waals surface area contributed by atoms with Gasteiger partial charge in [-0.1, -0.05) is 0 Å². The van der Waals surface area contributed by atoms with Crippen LogP contribution in [0.4, 0.5) is 0 Å². The second kappa shape index (κ2) is 3.95. The fourth-order valence-corrected chi connectivity index (χ4v) is 2.24. The molecule has 2 fully saturated rings. The highest BCUT2D eigenvalue weighted by Crippen LogP contribution is 2.22. The van der Waals surface area contributed by atoms with Crippen LogP contribution in [-0.4, -0.2) is 36.5 Å². The predicted octanol–water partition coefficient (Wildman–Crippen LogP) is 0.565. The van der Waals surface area contributed by atoms with Crippen LogP contribution >= 0.6 is 0 Å². The van der Waals surface area contributed by atoms with Crippen LogP contribution in [0, 0.1) is 0 Å². The van der Waals surface area contributed by atoms with Gasteiger partial charge in [0.1, 0.15) is 11.6 Å². The smallest absolute Gasteiger partial charge is 0.149 e. The third kappa shape index (κ3) is 1.77. The van der Waals surface area contributed by atoms with Crippen molar-refractivity contribution in [2.75, 3.05) is 19.6 Å². The Morgan fingerprint density at radius 2 is 2.08 bits per heavy atom. The van der Waals surface area contributed by atoms with Crippen LogP contribution in [0.25, 0.3) is 0 Å². The number of carbonyl (C=O) groups excluding carboxylic acids is 1. The minimum Gasteiger partial charge on any atom is -0.294 e. The molecule has 2 aliphatic heterocycles. The molecular formula is C10H15N2O. The zero-order valence-electron chi connectivity index (χ0n) is 7.83. The average molecular weight is 179 g/mol. The maximum atomic E-state index is 10.6. The molecule has 0 aromatic heterocycles. The van der Waals surface area contributed by atoms with Crippen molar-refractivity contribution in [3.63, 3.8) is 0 Å². The van der Waals surface area contributed by atoms with Crippen LogP contribution in [0.15, 0.2) is 5.70 Å². The van der Waals surface area contributed by atoms with Crippen molar-refractivity contribution in [2.24, 2.45) is 0 Å². The number of rotatable bonds is 1. The van der Waals surface area contributed by atoms with Crippen molar-refractivity contribution in [3.05, 3.63) is 5.70 Å². The van der Waals surface area contributed by atoms with Crippen LogP contribution in [0.1, 0.15) is 25.7 Å². The quantitative estimate of drug-likeness (QED) is 0.551. The van der Waals surface area contributed by atoms with Crippen molar-refractivity contribution in [3.8, 4) is 0 Å². The van der Waals surface area contributed by atoms with Gasteiger partial charge in [-0.2, -0.15) is 0 Å². The Morgan fingerprint density at radius 1 is 1.31 bits per heavy atom. The summed E-state index contributed by atoms with van der Waals surface area (Å²) in [6.07, 6.45) is 4.74. The highest BCUT2D eigenvalue weighted by Gasteiger charge is 2.28. The van der Waals surface area contributed by atoms with Gasteiger partial charge in [0.15, 0.2) is 0 Å². The van der Waals surface area contributed by atoms with Gasteiger partial charge in [-0.3, -0.25) is 10.2 Å². The van der Waals surface area contributed by atoms with E-state index in [1.165, 1.54) is 12.8 Å². The molecule has 0 bridgehead atoms. The Balaban J connectivity index is 2.05. The molecule has 0 aromatic carbocycles. The molecular weight excluding hydrogens is 164 g/mol. The highest BCUT2D eigenvalue weighted by molar-refractivity contribution is 5.53. The molecule has 0 aromatic rings. The highest BCUT2D eigenvalue weighted by atomic mass is 16.1. The van der Waals surface area contributed by atoms with Crippen LogP contribution in [0.3, 0.4) is 0 Å². The number of piperidine rings is 1. The van der Waals surface area contributed by atoms with Gasteiger partial charge in [0.2, 0.25) is 0 Å². The van der Waals surface area contributed by atoms with E-state index in [0.29, 0.717) is 5.70 Å². The van der Waals surface area contributed by atoms with E-state index in [1.807, 2.05) is 5.94 Å². The first kappa shape index (κ1) is 8.79. The predicted molar refractivity (Wildman–Crippen MR) is 50.0 cm³/mol. The first-order valence-electron chi connectivity index (χ1n) is 5.08. The minimum atomic E-state index is 0.286. The van der Waals surface area contributed by atoms with E-state index in [0.717, 1.165) is 32.5 Å². The summed E-state index contributed by atoms with van der Waals surface area (Å²) in [5.41, 5.74) is 0.660. The van der Waals surface area contributed by atoms with Crippen LogP contribution in [-0.2, 0) is 4.79 Å². The Morgan fingerprint density at radius 3 is 2.77 bits per heavy atom. The molecule has 2 heterocycles. The normalized spacial score (nSPS) is 29.8. The summed E-state index contributed by atoms with van der Waals surface area (Å²) in [6.45, 7) is 3.08. The second-order valence-corrected chi connectivity index (χ2v) is 3.77. The van der Waals surface area contributed by atoms with Crippen molar-refractivity contribution in [1.82, 2.24) is 10.2 Å². The third-order valence-electron chi connectivity index (χ3n) is 2.92. The van der Waals surface area contributed by atoms with E-state index < -0.39 is 0 Å². The first-order valence-corrected chi connectivity index (χ1v) is 5.08. The summed E-state index contributed by atoms with van der Waals surface area (Å²) in [5.74, 6) is 1.99. The Kier molecular flexibility index (Phi) is 2.67. The Labute approximate surface area is 78.8 Å². The molecule has 13 heavy (non-hydrogen) atoms. The van der Waals surface area contributed by atoms with Gasteiger partial charge in [-0.25, -0.2) is 4.79 Å². The lowest BCUT2D eigenvalue weighted by atomic mass is 10.0. The first-order chi connectivity index (χ1) is 6.42. The van der Waals surface area contributed by atoms with Gasteiger partial charge in [-0.05, 0) is 38.8 Å². The largest absolute Gasteiger partial charge is 0.294 e. The van der Waals surface area contributed by atoms with E-state index >= 15 is 0 Å². The van der Waals surface area contributed by atoms with Gasteiger partial charge in [0.05, 0.1) is 6.04 Å². The fraction of sp³-hybridized carbons (Fsp3) is 0.800. The van der Waals surface area contributed by atoms with E-state index in [2.05, 4.69) is 10.2 Å².